The van der Waals surface area contributed by atoms with Crippen molar-refractivity contribution in [1.29, 1.82) is 0 Å². The number of hydrogen-bond acceptors (Lipinski definition) is 9. The Bertz CT molecular complexity index is 1610. The number of carbonyl (C=O) groups is 1. The second kappa shape index (κ2) is 8.79. The second-order valence-electron chi connectivity index (χ2n) is 9.11. The number of nitrogens with one attached hydrogen (secondary N) is 1. The van der Waals surface area contributed by atoms with E-state index in [-0.39, 0.29) is 18.2 Å². The minimum absolute atomic E-state index is 0.0482. The molecule has 6 rings (SSSR count). The second-order valence-corrected chi connectivity index (χ2v) is 9.11. The molecule has 0 aromatic carbocycles. The number of fused-ring (bicyclic) bond motifs is 1. The number of imidazole rings is 1. The van der Waals surface area contributed by atoms with E-state index in [0.29, 0.717) is 35.3 Å². The lowest BCUT2D eigenvalue weighted by Gasteiger charge is -2.16. The molecule has 1 aliphatic heterocycles. The molecule has 0 bridgehead atoms. The molecule has 2 atom stereocenters. The number of carbonyl (C=O) groups excluding carboxylic acids is 1. The monoisotopic (exact) mass is 496 g/mol. The zero-order valence-electron chi connectivity index (χ0n) is 20.2. The molecule has 1 saturated heterocycles. The highest BCUT2D eigenvalue weighted by atomic mass is 16.5. The molecule has 6 heterocycles. The average molecular weight is 497 g/mol. The topological polar surface area (TPSA) is 135 Å². The quantitative estimate of drug-likeness (QED) is 0.364. The third kappa shape index (κ3) is 4.08. The number of pyridine rings is 2. The normalized spacial score (nSPS) is 18.5. The van der Waals surface area contributed by atoms with Crippen LogP contribution in [0.3, 0.4) is 0 Å². The summed E-state index contributed by atoms with van der Waals surface area (Å²) in [6.07, 6.45) is 7.56. The molecule has 0 aliphatic carbocycles. The summed E-state index contributed by atoms with van der Waals surface area (Å²) in [5.74, 6) is 0.173. The maximum atomic E-state index is 12.4. The smallest absolute Gasteiger partial charge is 0.262 e. The SMILES string of the molecule is C[C@@H](Nc1nccc(-c2cccc(-c3cc([C@]4(O)CCN(C)C4=O)on3)n2)n1)c1ccn2ccnc2c1. The first-order valence-electron chi connectivity index (χ1n) is 11.9. The van der Waals surface area contributed by atoms with Gasteiger partial charge in [-0.2, -0.15) is 0 Å². The van der Waals surface area contributed by atoms with Gasteiger partial charge in [0, 0.05) is 50.9 Å². The maximum Gasteiger partial charge on any atom is 0.262 e. The Morgan fingerprint density at radius 1 is 1.03 bits per heavy atom. The zero-order valence-corrected chi connectivity index (χ0v) is 20.2. The van der Waals surface area contributed by atoms with Gasteiger partial charge < -0.3 is 24.2 Å². The Balaban J connectivity index is 1.23. The number of hydrogen-bond donors (Lipinski definition) is 2. The van der Waals surface area contributed by atoms with Crippen molar-refractivity contribution >= 4 is 17.5 Å². The number of anilines is 1. The summed E-state index contributed by atoms with van der Waals surface area (Å²) in [5, 5.41) is 18.2. The fourth-order valence-electron chi connectivity index (χ4n) is 4.44. The Hall–Kier alpha value is -4.64. The van der Waals surface area contributed by atoms with Gasteiger partial charge in [-0.25, -0.2) is 19.9 Å². The number of likely N-dealkylation sites (N-methyl/N-ethyl adjacent to an activating group) is 1. The van der Waals surface area contributed by atoms with Crippen LogP contribution in [0.5, 0.6) is 0 Å². The van der Waals surface area contributed by atoms with Crippen LogP contribution in [0.4, 0.5) is 5.95 Å². The number of nitrogens with zero attached hydrogens (tertiary/aromatic N) is 7. The minimum Gasteiger partial charge on any atom is -0.373 e. The average Bonchev–Trinajstić information content (AvgIpc) is 3.66. The van der Waals surface area contributed by atoms with E-state index in [2.05, 4.69) is 30.4 Å². The van der Waals surface area contributed by atoms with Crippen molar-refractivity contribution in [3.8, 4) is 22.8 Å². The van der Waals surface area contributed by atoms with Crippen molar-refractivity contribution in [2.75, 3.05) is 18.9 Å². The van der Waals surface area contributed by atoms with E-state index in [0.717, 1.165) is 11.2 Å². The summed E-state index contributed by atoms with van der Waals surface area (Å²) in [7, 11) is 1.65. The van der Waals surface area contributed by atoms with Gasteiger partial charge in [0.05, 0.1) is 23.1 Å². The van der Waals surface area contributed by atoms with Crippen LogP contribution >= 0.6 is 0 Å². The molecule has 11 nitrogen and oxygen atoms in total. The van der Waals surface area contributed by atoms with Gasteiger partial charge in [-0.05, 0) is 42.8 Å². The molecular formula is C26H24N8O3. The first-order chi connectivity index (χ1) is 17.9. The number of aliphatic hydroxyl groups is 1. The largest absolute Gasteiger partial charge is 0.373 e. The van der Waals surface area contributed by atoms with Crippen LogP contribution < -0.4 is 5.32 Å². The summed E-state index contributed by atoms with van der Waals surface area (Å²) in [4.78, 5) is 31.9. The molecule has 1 fully saturated rings. The van der Waals surface area contributed by atoms with Crippen LogP contribution in [0.25, 0.3) is 28.4 Å². The van der Waals surface area contributed by atoms with Gasteiger partial charge in [-0.3, -0.25) is 4.79 Å². The number of aromatic nitrogens is 6. The predicted octanol–water partition coefficient (Wildman–Crippen LogP) is 3.06. The van der Waals surface area contributed by atoms with E-state index in [9.17, 15) is 9.90 Å². The number of amides is 1. The summed E-state index contributed by atoms with van der Waals surface area (Å²) in [6, 6.07) is 12.8. The molecule has 1 aliphatic rings. The van der Waals surface area contributed by atoms with E-state index in [1.54, 1.807) is 37.6 Å². The Morgan fingerprint density at radius 3 is 2.65 bits per heavy atom. The lowest BCUT2D eigenvalue weighted by Crippen LogP contribution is -2.35. The highest BCUT2D eigenvalue weighted by molar-refractivity contribution is 5.87. The van der Waals surface area contributed by atoms with Gasteiger partial charge in [0.1, 0.15) is 11.3 Å². The minimum atomic E-state index is -1.70. The standard InChI is InChI=1S/C26H24N8O3/c1-16(17-7-11-34-13-10-27-23(34)14-17)29-25-28-9-6-20(31-25)18-4-3-5-19(30-18)21-15-22(37-32-21)26(36)8-12-33(2)24(26)35/h3-7,9-11,13-16,36H,8,12H2,1-2H3,(H,28,29,31)/t16-,26-/m1/s1. The van der Waals surface area contributed by atoms with Crippen LogP contribution in [-0.4, -0.2) is 59.0 Å². The van der Waals surface area contributed by atoms with Crippen molar-refractivity contribution in [3.05, 3.63) is 78.6 Å². The molecule has 0 unspecified atom stereocenters. The molecule has 5 aromatic rings. The van der Waals surface area contributed by atoms with E-state index in [4.69, 9.17) is 4.52 Å². The van der Waals surface area contributed by atoms with Gasteiger partial charge in [0.15, 0.2) is 5.76 Å². The molecule has 1 amide bonds. The summed E-state index contributed by atoms with van der Waals surface area (Å²) in [5.41, 5.74) is 2.42. The molecule has 37 heavy (non-hydrogen) atoms. The van der Waals surface area contributed by atoms with Gasteiger partial charge in [0.2, 0.25) is 11.5 Å². The lowest BCUT2D eigenvalue weighted by atomic mass is 9.98. The summed E-state index contributed by atoms with van der Waals surface area (Å²) >= 11 is 0. The van der Waals surface area contributed by atoms with Crippen molar-refractivity contribution in [3.63, 3.8) is 0 Å². The Kier molecular flexibility index (Phi) is 5.41. The third-order valence-corrected chi connectivity index (χ3v) is 6.62. The molecular weight excluding hydrogens is 472 g/mol. The van der Waals surface area contributed by atoms with Crippen molar-refractivity contribution in [2.45, 2.75) is 25.0 Å². The predicted molar refractivity (Wildman–Crippen MR) is 134 cm³/mol. The molecule has 0 spiro atoms. The van der Waals surface area contributed by atoms with E-state index in [1.165, 1.54) is 4.90 Å². The van der Waals surface area contributed by atoms with Crippen LogP contribution in [-0.2, 0) is 10.4 Å². The van der Waals surface area contributed by atoms with Gasteiger partial charge >= 0.3 is 0 Å². The van der Waals surface area contributed by atoms with E-state index >= 15 is 0 Å². The maximum absolute atomic E-state index is 12.4. The molecule has 0 saturated carbocycles. The number of rotatable bonds is 6. The molecule has 0 radical (unpaired) electrons. The van der Waals surface area contributed by atoms with Gasteiger partial charge in [0.25, 0.3) is 5.91 Å². The third-order valence-electron chi connectivity index (χ3n) is 6.62. The van der Waals surface area contributed by atoms with Crippen molar-refractivity contribution in [1.82, 2.24) is 34.4 Å². The van der Waals surface area contributed by atoms with Gasteiger partial charge in [-0.15, -0.1) is 0 Å². The first kappa shape index (κ1) is 22.8. The molecule has 186 valence electrons. The van der Waals surface area contributed by atoms with E-state index in [1.807, 2.05) is 48.0 Å². The van der Waals surface area contributed by atoms with Crippen molar-refractivity contribution < 1.29 is 14.4 Å². The fourth-order valence-corrected chi connectivity index (χ4v) is 4.44. The van der Waals surface area contributed by atoms with Crippen molar-refractivity contribution in [2.24, 2.45) is 0 Å². The molecule has 2 N–H and O–H groups in total. The summed E-state index contributed by atoms with van der Waals surface area (Å²) in [6.45, 7) is 2.48. The molecule has 5 aromatic heterocycles. The lowest BCUT2D eigenvalue weighted by molar-refractivity contribution is -0.144. The van der Waals surface area contributed by atoms with E-state index < -0.39 is 11.5 Å². The number of likely N-dealkylation sites (tertiary alicyclic amines) is 1. The Morgan fingerprint density at radius 2 is 1.84 bits per heavy atom. The summed E-state index contributed by atoms with van der Waals surface area (Å²) < 4.78 is 7.32. The Labute approximate surface area is 211 Å². The highest BCUT2D eigenvalue weighted by Crippen LogP contribution is 2.34. The van der Waals surface area contributed by atoms with Gasteiger partial charge in [-0.1, -0.05) is 11.2 Å². The molecule has 11 heteroatoms. The van der Waals surface area contributed by atoms with Crippen LogP contribution in [0.15, 0.2) is 71.8 Å². The highest BCUT2D eigenvalue weighted by Gasteiger charge is 2.48. The van der Waals surface area contributed by atoms with Crippen LogP contribution in [0.1, 0.15) is 30.7 Å². The first-order valence-corrected chi connectivity index (χ1v) is 11.9. The van der Waals surface area contributed by atoms with Crippen LogP contribution in [0, 0.1) is 0 Å². The fraction of sp³-hybridized carbons (Fsp3) is 0.231. The zero-order chi connectivity index (χ0) is 25.6. The van der Waals surface area contributed by atoms with Crippen LogP contribution in [0.2, 0.25) is 0 Å².